The Kier molecular flexibility index (Phi) is 4.95. The molecule has 1 saturated heterocycles. The summed E-state index contributed by atoms with van der Waals surface area (Å²) in [7, 11) is 3.64. The molecule has 2 aliphatic carbocycles. The lowest BCUT2D eigenvalue weighted by Gasteiger charge is -2.59. The smallest absolute Gasteiger partial charge is 0.242 e. The van der Waals surface area contributed by atoms with E-state index in [1.807, 2.05) is 37.2 Å². The predicted octanol–water partition coefficient (Wildman–Crippen LogP) is 3.17. The molecule has 2 aromatic heterocycles. The molecule has 11 heteroatoms. The van der Waals surface area contributed by atoms with E-state index in [0.29, 0.717) is 23.9 Å². The van der Waals surface area contributed by atoms with Crippen LogP contribution >= 0.6 is 11.6 Å². The second-order valence-electron chi connectivity index (χ2n) is 11.3. The molecular weight excluding hydrogens is 495 g/mol. The van der Waals surface area contributed by atoms with Crippen molar-refractivity contribution < 1.29 is 9.18 Å². The Morgan fingerprint density at radius 1 is 1.16 bits per heavy atom. The topological polar surface area (TPSA) is 83.3 Å². The third-order valence-electron chi connectivity index (χ3n) is 8.59. The maximum Gasteiger partial charge on any atom is 0.242 e. The first kappa shape index (κ1) is 23.0. The summed E-state index contributed by atoms with van der Waals surface area (Å²) >= 11 is 6.43. The summed E-state index contributed by atoms with van der Waals surface area (Å²) in [6.45, 7) is 2.75. The molecule has 0 bridgehead atoms. The molecule has 0 radical (unpaired) electrons. The molecule has 192 valence electrons. The minimum Gasteiger partial charge on any atom is -0.353 e. The fraction of sp³-hybridized carbons (Fsp3) is 0.500. The predicted molar refractivity (Wildman–Crippen MR) is 135 cm³/mol. The van der Waals surface area contributed by atoms with E-state index in [1.165, 1.54) is 12.5 Å². The maximum absolute atomic E-state index is 14.1. The summed E-state index contributed by atoms with van der Waals surface area (Å²) in [6.07, 6.45) is 6.25. The highest BCUT2D eigenvalue weighted by atomic mass is 35.5. The SMILES string of the molecule is CN(C)C(=O)C1(N2Cc3cc(Cl)ccc3-n3c(nnc3C3CC4(C3)CN(c3ncncc3F)C4)C2)CC1. The van der Waals surface area contributed by atoms with E-state index in [1.54, 1.807) is 4.90 Å². The first-order valence-electron chi connectivity index (χ1n) is 12.7. The van der Waals surface area contributed by atoms with Crippen molar-refractivity contribution in [3.63, 3.8) is 0 Å². The Morgan fingerprint density at radius 3 is 2.65 bits per heavy atom. The zero-order chi connectivity index (χ0) is 25.5. The summed E-state index contributed by atoms with van der Waals surface area (Å²) in [5.41, 5.74) is 1.78. The number of nitrogens with zero attached hydrogens (tertiary/aromatic N) is 8. The Morgan fingerprint density at radius 2 is 1.95 bits per heavy atom. The number of rotatable bonds is 4. The third kappa shape index (κ3) is 3.49. The van der Waals surface area contributed by atoms with E-state index in [9.17, 15) is 9.18 Å². The number of amides is 1. The molecule has 37 heavy (non-hydrogen) atoms. The number of carbonyl (C=O) groups excluding carboxylic acids is 1. The summed E-state index contributed by atoms with van der Waals surface area (Å²) in [6, 6.07) is 5.95. The van der Waals surface area contributed by atoms with Crippen LogP contribution in [-0.2, 0) is 17.9 Å². The molecule has 7 rings (SSSR count). The molecule has 2 saturated carbocycles. The van der Waals surface area contributed by atoms with Gasteiger partial charge in [-0.1, -0.05) is 11.6 Å². The number of fused-ring (bicyclic) bond motifs is 3. The number of hydrogen-bond donors (Lipinski definition) is 0. The van der Waals surface area contributed by atoms with Gasteiger partial charge in [0.1, 0.15) is 17.7 Å². The highest BCUT2D eigenvalue weighted by Gasteiger charge is 2.57. The van der Waals surface area contributed by atoms with Crippen molar-refractivity contribution in [1.29, 1.82) is 0 Å². The number of hydrogen-bond acceptors (Lipinski definition) is 7. The Labute approximate surface area is 219 Å². The van der Waals surface area contributed by atoms with Crippen molar-refractivity contribution >= 4 is 23.3 Å². The van der Waals surface area contributed by atoms with E-state index in [-0.39, 0.29) is 23.1 Å². The van der Waals surface area contributed by atoms with Gasteiger partial charge in [0.15, 0.2) is 17.5 Å². The van der Waals surface area contributed by atoms with Crippen molar-refractivity contribution in [3.05, 3.63) is 58.8 Å². The standard InChI is InChI=1S/C26H28ClFN8O/c1-33(2)24(37)26(5-6-26)35-11-16-7-18(27)3-4-20(16)36-21(12-35)31-32-22(36)17-8-25(9-17)13-34(14-25)23-19(28)10-29-15-30-23/h3-4,7,10,15,17H,5-6,8-9,11-14H2,1-2H3. The summed E-state index contributed by atoms with van der Waals surface area (Å²) in [5, 5.41) is 9.99. The zero-order valence-electron chi connectivity index (χ0n) is 20.9. The van der Waals surface area contributed by atoms with Crippen LogP contribution in [0.15, 0.2) is 30.7 Å². The Bertz CT molecular complexity index is 1410. The van der Waals surface area contributed by atoms with E-state index < -0.39 is 5.54 Å². The van der Waals surface area contributed by atoms with E-state index in [4.69, 9.17) is 11.6 Å². The number of likely N-dealkylation sites (N-methyl/N-ethyl adjacent to an activating group) is 1. The molecule has 9 nitrogen and oxygen atoms in total. The minimum atomic E-state index is -0.490. The number of aromatic nitrogens is 5. The fourth-order valence-electron chi connectivity index (χ4n) is 6.67. The fourth-order valence-corrected chi connectivity index (χ4v) is 6.87. The summed E-state index contributed by atoms with van der Waals surface area (Å²) in [5.74, 6) is 2.23. The number of carbonyl (C=O) groups is 1. The van der Waals surface area contributed by atoms with Gasteiger partial charge in [0.2, 0.25) is 5.91 Å². The summed E-state index contributed by atoms with van der Waals surface area (Å²) in [4.78, 5) is 26.9. The molecule has 3 fully saturated rings. The molecule has 0 N–H and O–H groups in total. The van der Waals surface area contributed by atoms with Crippen LogP contribution in [0.2, 0.25) is 5.02 Å². The Hall–Kier alpha value is -3.11. The second kappa shape index (κ2) is 7.94. The zero-order valence-corrected chi connectivity index (χ0v) is 21.6. The van der Waals surface area contributed by atoms with Gasteiger partial charge in [0.05, 0.1) is 18.4 Å². The molecule has 1 amide bonds. The molecule has 4 aliphatic rings. The number of anilines is 1. The van der Waals surface area contributed by atoms with Crippen molar-refractivity contribution in [3.8, 4) is 5.69 Å². The van der Waals surface area contributed by atoms with Gasteiger partial charge in [-0.25, -0.2) is 14.4 Å². The van der Waals surface area contributed by atoms with Crippen molar-refractivity contribution in [2.75, 3.05) is 32.1 Å². The molecule has 1 aromatic carbocycles. The van der Waals surface area contributed by atoms with Crippen molar-refractivity contribution in [1.82, 2.24) is 34.5 Å². The second-order valence-corrected chi connectivity index (χ2v) is 11.8. The van der Waals surface area contributed by atoms with Gasteiger partial charge < -0.3 is 9.80 Å². The molecular formula is C26H28ClFN8O. The number of benzene rings is 1. The van der Waals surface area contributed by atoms with Crippen molar-refractivity contribution in [2.24, 2.45) is 5.41 Å². The third-order valence-corrected chi connectivity index (χ3v) is 8.82. The molecule has 0 atom stereocenters. The van der Waals surface area contributed by atoms with Gasteiger partial charge in [-0.15, -0.1) is 10.2 Å². The first-order valence-corrected chi connectivity index (χ1v) is 13.1. The number of halogens is 2. The maximum atomic E-state index is 14.1. The van der Waals surface area contributed by atoms with Gasteiger partial charge in [0.25, 0.3) is 0 Å². The molecule has 4 heterocycles. The Balaban J connectivity index is 1.17. The highest BCUT2D eigenvalue weighted by molar-refractivity contribution is 6.30. The monoisotopic (exact) mass is 522 g/mol. The van der Waals surface area contributed by atoms with Crippen molar-refractivity contribution in [2.45, 2.75) is 50.2 Å². The van der Waals surface area contributed by atoms with Crippen LogP contribution in [0.3, 0.4) is 0 Å². The van der Waals surface area contributed by atoms with Crippen LogP contribution < -0.4 is 4.90 Å². The van der Waals surface area contributed by atoms with E-state index in [2.05, 4.69) is 29.6 Å². The van der Waals surface area contributed by atoms with Gasteiger partial charge in [-0.05, 0) is 49.4 Å². The molecule has 0 unspecified atom stereocenters. The van der Waals surface area contributed by atoms with Gasteiger partial charge in [0, 0.05) is 50.1 Å². The normalized spacial score (nSPS) is 21.5. The largest absolute Gasteiger partial charge is 0.353 e. The average Bonchev–Trinajstić information content (AvgIpc) is 3.56. The minimum absolute atomic E-state index is 0.139. The quantitative estimate of drug-likeness (QED) is 0.520. The van der Waals surface area contributed by atoms with Gasteiger partial charge in [-0.2, -0.15) is 0 Å². The van der Waals surface area contributed by atoms with Gasteiger partial charge >= 0.3 is 0 Å². The average molecular weight is 523 g/mol. The van der Waals surface area contributed by atoms with Crippen LogP contribution in [0, 0.1) is 11.2 Å². The molecule has 1 spiro atoms. The lowest BCUT2D eigenvalue weighted by atomic mass is 9.57. The first-order chi connectivity index (χ1) is 17.8. The molecule has 2 aliphatic heterocycles. The van der Waals surface area contributed by atoms with Crippen LogP contribution in [0.5, 0.6) is 0 Å². The van der Waals surface area contributed by atoms with Crippen LogP contribution in [0.25, 0.3) is 5.69 Å². The highest BCUT2D eigenvalue weighted by Crippen LogP contribution is 2.57. The summed E-state index contributed by atoms with van der Waals surface area (Å²) < 4.78 is 16.3. The van der Waals surface area contributed by atoms with Crippen LogP contribution in [0.4, 0.5) is 10.2 Å². The van der Waals surface area contributed by atoms with E-state index >= 15 is 0 Å². The lowest BCUT2D eigenvalue weighted by molar-refractivity contribution is -0.136. The van der Waals surface area contributed by atoms with Crippen LogP contribution in [-0.4, -0.2) is 73.2 Å². The van der Waals surface area contributed by atoms with Crippen LogP contribution in [0.1, 0.15) is 48.8 Å². The molecule has 3 aromatic rings. The van der Waals surface area contributed by atoms with E-state index in [0.717, 1.165) is 61.7 Å². The lowest BCUT2D eigenvalue weighted by Crippen LogP contribution is -2.62. The van der Waals surface area contributed by atoms with Gasteiger partial charge in [-0.3, -0.25) is 14.3 Å².